The van der Waals surface area contributed by atoms with Crippen molar-refractivity contribution in [1.82, 2.24) is 16.0 Å². The highest BCUT2D eigenvalue weighted by Gasteiger charge is 2.43. The summed E-state index contributed by atoms with van der Waals surface area (Å²) >= 11 is 0. The van der Waals surface area contributed by atoms with E-state index >= 15 is 0 Å². The minimum Gasteiger partial charge on any atom is -0.481 e. The highest BCUT2D eigenvalue weighted by Crippen LogP contribution is 2.23. The van der Waals surface area contributed by atoms with Crippen LogP contribution in [0.2, 0.25) is 0 Å². The summed E-state index contributed by atoms with van der Waals surface area (Å²) in [6.45, 7) is 6.75. The minimum absolute atomic E-state index is 0.0284. The molecule has 1 rings (SSSR count). The van der Waals surface area contributed by atoms with E-state index in [1.54, 1.807) is 20.8 Å². The molecule has 3 amide bonds. The third-order valence-corrected chi connectivity index (χ3v) is 5.60. The summed E-state index contributed by atoms with van der Waals surface area (Å²) in [7, 11) is 0. The number of rotatable bonds is 13. The van der Waals surface area contributed by atoms with E-state index < -0.39 is 90.6 Å². The van der Waals surface area contributed by atoms with Crippen LogP contribution in [0, 0.1) is 0 Å². The van der Waals surface area contributed by atoms with Crippen LogP contribution in [0.15, 0.2) is 11.8 Å². The summed E-state index contributed by atoms with van der Waals surface area (Å²) < 4.78 is 58.3. The van der Waals surface area contributed by atoms with Crippen molar-refractivity contribution in [1.29, 1.82) is 0 Å². The Morgan fingerprint density at radius 1 is 1.09 bits per heavy atom. The quantitative estimate of drug-likeness (QED) is 0.0948. The fourth-order valence-corrected chi connectivity index (χ4v) is 3.80. The number of ether oxygens (including phenoxy) is 4. The van der Waals surface area contributed by atoms with Crippen molar-refractivity contribution in [3.05, 3.63) is 11.8 Å². The van der Waals surface area contributed by atoms with Gasteiger partial charge in [-0.05, 0) is 46.6 Å². The van der Waals surface area contributed by atoms with Gasteiger partial charge in [0.1, 0.15) is 30.0 Å². The van der Waals surface area contributed by atoms with Gasteiger partial charge in [-0.2, -0.15) is 13.2 Å². The van der Waals surface area contributed by atoms with E-state index in [9.17, 15) is 47.4 Å². The summed E-state index contributed by atoms with van der Waals surface area (Å²) in [5, 5.41) is 26.7. The second-order valence-electron chi connectivity index (χ2n) is 10.7. The molecule has 0 radical (unpaired) electrons. The number of amides is 3. The van der Waals surface area contributed by atoms with Crippen LogP contribution in [-0.4, -0.2) is 102 Å². The van der Waals surface area contributed by atoms with Gasteiger partial charge in [0.15, 0.2) is 0 Å². The van der Waals surface area contributed by atoms with Crippen LogP contribution in [0.25, 0.3) is 0 Å². The van der Waals surface area contributed by atoms with Crippen LogP contribution in [-0.2, 0) is 33.3 Å². The highest BCUT2D eigenvalue weighted by atomic mass is 19.4. The van der Waals surface area contributed by atoms with Crippen LogP contribution in [0.3, 0.4) is 0 Å². The van der Waals surface area contributed by atoms with Crippen molar-refractivity contribution in [2.24, 2.45) is 5.73 Å². The number of carbonyl (C=O) groups excluding carboxylic acids is 4. The third kappa shape index (κ3) is 14.3. The largest absolute Gasteiger partial charge is 0.490 e. The highest BCUT2D eigenvalue weighted by molar-refractivity contribution is 5.84. The molecule has 1 aliphatic heterocycles. The van der Waals surface area contributed by atoms with Crippen molar-refractivity contribution in [3.8, 4) is 0 Å². The molecular weight excluding hydrogens is 589 g/mol. The Balaban J connectivity index is 2.74. The molecule has 43 heavy (non-hydrogen) atoms. The van der Waals surface area contributed by atoms with Gasteiger partial charge < -0.3 is 50.8 Å². The van der Waals surface area contributed by atoms with E-state index in [1.807, 2.05) is 0 Å². The van der Waals surface area contributed by atoms with Crippen molar-refractivity contribution < 1.29 is 66.3 Å². The van der Waals surface area contributed by atoms with Crippen LogP contribution < -0.4 is 21.7 Å². The van der Waals surface area contributed by atoms with Crippen molar-refractivity contribution in [2.45, 2.75) is 102 Å². The molecule has 0 aliphatic carbocycles. The zero-order valence-corrected chi connectivity index (χ0v) is 24.4. The summed E-state index contributed by atoms with van der Waals surface area (Å²) in [5.41, 5.74) is 5.17. The second kappa shape index (κ2) is 16.2. The number of nitrogens with one attached hydrogen (secondary N) is 3. The normalized spacial score (nSPS) is 20.7. The van der Waals surface area contributed by atoms with Gasteiger partial charge in [0.2, 0.25) is 11.7 Å². The lowest BCUT2D eigenvalue weighted by Crippen LogP contribution is -2.57. The molecule has 0 aromatic carbocycles. The molecule has 1 aliphatic rings. The first kappa shape index (κ1) is 37.2. The summed E-state index contributed by atoms with van der Waals surface area (Å²) in [5.74, 6) is -4.88. The number of alkyl carbamates (subject to hydrolysis) is 2. The maximum absolute atomic E-state index is 12.8. The number of aliphatic hydroxyl groups is 1. The molecule has 7 N–H and O–H groups in total. The molecule has 15 nitrogen and oxygen atoms in total. The van der Waals surface area contributed by atoms with Crippen LogP contribution >= 0.6 is 0 Å². The molecule has 2 unspecified atom stereocenters. The molecule has 6 atom stereocenters. The van der Waals surface area contributed by atoms with Crippen LogP contribution in [0.5, 0.6) is 0 Å². The van der Waals surface area contributed by atoms with E-state index in [0.717, 1.165) is 6.08 Å². The van der Waals surface area contributed by atoms with E-state index in [4.69, 9.17) is 19.9 Å². The Labute approximate surface area is 245 Å². The Kier molecular flexibility index (Phi) is 14.0. The minimum atomic E-state index is -5.34. The van der Waals surface area contributed by atoms with Gasteiger partial charge in [0, 0.05) is 19.9 Å². The molecule has 0 fully saturated rings. The molecule has 0 aromatic heterocycles. The fraction of sp³-hybridized carbons (Fsp3) is 0.720. The average Bonchev–Trinajstić information content (AvgIpc) is 2.84. The number of carboxylic acid groups (broad SMARTS) is 1. The SMILES string of the molecule is CC(=O)N[C@@H]1[C@@H](N)C=C(C(=O)O)O[C@@H]1C[C@@H](C)OC(=O)NCC(O)C(CCCNC(=O)OC(C)(C)C)OC(=O)C(F)(F)F. The molecule has 1 heterocycles. The summed E-state index contributed by atoms with van der Waals surface area (Å²) in [4.78, 5) is 58.4. The Morgan fingerprint density at radius 3 is 2.26 bits per heavy atom. The monoisotopic (exact) mass is 628 g/mol. The third-order valence-electron chi connectivity index (χ3n) is 5.60. The molecule has 0 saturated carbocycles. The number of carboxylic acids is 1. The number of esters is 1. The second-order valence-corrected chi connectivity index (χ2v) is 10.7. The van der Waals surface area contributed by atoms with E-state index in [1.165, 1.54) is 13.8 Å². The van der Waals surface area contributed by atoms with Gasteiger partial charge >= 0.3 is 30.3 Å². The first-order chi connectivity index (χ1) is 19.7. The molecule has 0 bridgehead atoms. The molecule has 246 valence electrons. The standard InChI is InChI=1S/C25H39F3N4O11/c1-12(9-17-19(32-13(2)33)14(29)10-18(41-17)20(35)36)40-22(38)31-11-15(34)16(42-21(37)25(26,27)28)7-6-8-30-23(39)43-24(3,4)5/h10,12,14-17,19,34H,6-9,11,29H2,1-5H3,(H,30,39)(H,31,38)(H,32,33)(H,35,36)/t12-,14+,15?,16?,17-,19-/m1/s1. The molecule has 18 heteroatoms. The van der Waals surface area contributed by atoms with E-state index in [-0.39, 0.29) is 25.8 Å². The van der Waals surface area contributed by atoms with Gasteiger partial charge in [-0.25, -0.2) is 19.2 Å². The number of hydrogen-bond donors (Lipinski definition) is 6. The van der Waals surface area contributed by atoms with Crippen molar-refractivity contribution in [3.63, 3.8) is 0 Å². The van der Waals surface area contributed by atoms with Gasteiger partial charge in [-0.3, -0.25) is 4.79 Å². The predicted octanol–water partition coefficient (Wildman–Crippen LogP) is 0.830. The Bertz CT molecular complexity index is 1030. The van der Waals surface area contributed by atoms with E-state index in [2.05, 4.69) is 20.7 Å². The number of hydrogen-bond acceptors (Lipinski definition) is 11. The first-order valence-electron chi connectivity index (χ1n) is 13.2. The Morgan fingerprint density at radius 2 is 1.72 bits per heavy atom. The smallest absolute Gasteiger partial charge is 0.481 e. The van der Waals surface area contributed by atoms with Gasteiger partial charge in [0.25, 0.3) is 0 Å². The fourth-order valence-electron chi connectivity index (χ4n) is 3.80. The van der Waals surface area contributed by atoms with Gasteiger partial charge in [0.05, 0.1) is 18.6 Å². The predicted molar refractivity (Wildman–Crippen MR) is 140 cm³/mol. The number of aliphatic carboxylic acids is 1. The molecular formula is C25H39F3N4O11. The topological polar surface area (TPSA) is 225 Å². The molecule has 0 spiro atoms. The molecule has 0 aromatic rings. The number of aliphatic hydroxyl groups excluding tert-OH is 1. The maximum atomic E-state index is 12.8. The lowest BCUT2D eigenvalue weighted by molar-refractivity contribution is -0.209. The van der Waals surface area contributed by atoms with Gasteiger partial charge in [-0.15, -0.1) is 0 Å². The Hall–Kier alpha value is -3.80. The van der Waals surface area contributed by atoms with Crippen LogP contribution in [0.1, 0.15) is 53.9 Å². The van der Waals surface area contributed by atoms with Crippen molar-refractivity contribution in [2.75, 3.05) is 13.1 Å². The summed E-state index contributed by atoms with van der Waals surface area (Å²) in [6, 6.07) is -1.79. The zero-order valence-electron chi connectivity index (χ0n) is 24.4. The number of nitrogens with two attached hydrogens (primary N) is 1. The number of alkyl halides is 3. The van der Waals surface area contributed by atoms with E-state index in [0.29, 0.717) is 0 Å². The average molecular weight is 629 g/mol. The number of halogens is 3. The maximum Gasteiger partial charge on any atom is 0.490 e. The number of carbonyl (C=O) groups is 5. The lowest BCUT2D eigenvalue weighted by atomic mass is 9.95. The van der Waals surface area contributed by atoms with Crippen LogP contribution in [0.4, 0.5) is 22.8 Å². The zero-order chi connectivity index (χ0) is 33.1. The first-order valence-corrected chi connectivity index (χ1v) is 13.2. The summed E-state index contributed by atoms with van der Waals surface area (Å²) in [6.07, 6.45) is -12.1. The van der Waals surface area contributed by atoms with Gasteiger partial charge in [-0.1, -0.05) is 0 Å². The van der Waals surface area contributed by atoms with Crippen molar-refractivity contribution >= 4 is 30.0 Å². The molecule has 0 saturated heterocycles. The lowest BCUT2D eigenvalue weighted by Gasteiger charge is -2.36.